The molecule has 4 heterocycles. The van der Waals surface area contributed by atoms with Crippen molar-refractivity contribution < 1.29 is 14.0 Å². The highest BCUT2D eigenvalue weighted by Crippen LogP contribution is 2.39. The van der Waals surface area contributed by atoms with Crippen molar-refractivity contribution in [1.29, 1.82) is 0 Å². The summed E-state index contributed by atoms with van der Waals surface area (Å²) in [7, 11) is 0. The molecule has 7 nitrogen and oxygen atoms in total. The molecule has 1 N–H and O–H groups in total. The number of carbonyl (C=O) groups is 2. The highest BCUT2D eigenvalue weighted by molar-refractivity contribution is 6.04. The molecule has 0 unspecified atom stereocenters. The Morgan fingerprint density at radius 1 is 1.00 bits per heavy atom. The highest BCUT2D eigenvalue weighted by Gasteiger charge is 2.38. The summed E-state index contributed by atoms with van der Waals surface area (Å²) in [5, 5.41) is 2.92. The lowest BCUT2D eigenvalue weighted by Crippen LogP contribution is -2.49. The molecule has 2 aromatic heterocycles. The van der Waals surface area contributed by atoms with Crippen molar-refractivity contribution in [3.63, 3.8) is 0 Å². The summed E-state index contributed by atoms with van der Waals surface area (Å²) >= 11 is 0. The number of amides is 2. The van der Waals surface area contributed by atoms with E-state index in [-0.39, 0.29) is 35.0 Å². The summed E-state index contributed by atoms with van der Waals surface area (Å²) in [6.07, 6.45) is 3.90. The first kappa shape index (κ1) is 20.1. The Balaban J connectivity index is 1.45. The van der Waals surface area contributed by atoms with Gasteiger partial charge >= 0.3 is 0 Å². The molecule has 2 atom stereocenters. The fourth-order valence-corrected chi connectivity index (χ4v) is 4.75. The standard InChI is InChI=1S/C24H21FN4O3/c25-19-5-3-16(4-6-19)24(32)28-12-15-10-18(14-28)22-20(7-8-21(30)29(22)13-15)27-23(31)17-2-1-9-26-11-17/h1-9,11,15,18H,10,12-14H2,(H,27,31)/t15-,18+/m0/s1. The van der Waals surface area contributed by atoms with Crippen LogP contribution in [-0.2, 0) is 6.54 Å². The van der Waals surface area contributed by atoms with Crippen LogP contribution in [0.1, 0.15) is 38.7 Å². The molecule has 0 aliphatic carbocycles. The molecule has 5 rings (SSSR count). The summed E-state index contributed by atoms with van der Waals surface area (Å²) in [5.74, 6) is -0.818. The molecule has 0 radical (unpaired) electrons. The number of likely N-dealkylation sites (tertiary alicyclic amines) is 1. The Morgan fingerprint density at radius 3 is 2.56 bits per heavy atom. The van der Waals surface area contributed by atoms with Crippen molar-refractivity contribution in [1.82, 2.24) is 14.5 Å². The number of benzene rings is 1. The van der Waals surface area contributed by atoms with Gasteiger partial charge in [0.2, 0.25) is 0 Å². The van der Waals surface area contributed by atoms with Gasteiger partial charge in [0.1, 0.15) is 5.82 Å². The number of pyridine rings is 2. The minimum atomic E-state index is -0.389. The van der Waals surface area contributed by atoms with Gasteiger partial charge in [0.05, 0.1) is 11.3 Å². The van der Waals surface area contributed by atoms with Crippen molar-refractivity contribution in [2.45, 2.75) is 18.9 Å². The van der Waals surface area contributed by atoms with Gasteiger partial charge in [-0.3, -0.25) is 19.4 Å². The van der Waals surface area contributed by atoms with Crippen LogP contribution >= 0.6 is 0 Å². The quantitative estimate of drug-likeness (QED) is 0.690. The molecule has 8 heteroatoms. The molecular weight excluding hydrogens is 411 g/mol. The number of rotatable bonds is 3. The monoisotopic (exact) mass is 432 g/mol. The van der Waals surface area contributed by atoms with Gasteiger partial charge in [-0.1, -0.05) is 0 Å². The number of halogens is 1. The highest BCUT2D eigenvalue weighted by atomic mass is 19.1. The first-order valence-electron chi connectivity index (χ1n) is 10.5. The second-order valence-electron chi connectivity index (χ2n) is 8.29. The zero-order valence-electron chi connectivity index (χ0n) is 17.2. The average Bonchev–Trinajstić information content (AvgIpc) is 2.81. The van der Waals surface area contributed by atoms with Crippen molar-refractivity contribution in [3.05, 3.63) is 93.9 Å². The number of nitrogens with one attached hydrogen (secondary N) is 1. The van der Waals surface area contributed by atoms with E-state index < -0.39 is 0 Å². The third-order valence-electron chi connectivity index (χ3n) is 6.14. The number of aromatic nitrogens is 2. The third-order valence-corrected chi connectivity index (χ3v) is 6.14. The van der Waals surface area contributed by atoms with E-state index in [2.05, 4.69) is 10.3 Å². The number of hydrogen-bond donors (Lipinski definition) is 1. The fourth-order valence-electron chi connectivity index (χ4n) is 4.75. The largest absolute Gasteiger partial charge is 0.338 e. The van der Waals surface area contributed by atoms with Gasteiger partial charge in [0, 0.05) is 55.3 Å². The van der Waals surface area contributed by atoms with Gasteiger partial charge < -0.3 is 14.8 Å². The lowest BCUT2D eigenvalue weighted by Gasteiger charge is -2.43. The van der Waals surface area contributed by atoms with Gasteiger partial charge in [-0.15, -0.1) is 0 Å². The number of carbonyl (C=O) groups excluding carboxylic acids is 2. The van der Waals surface area contributed by atoms with Gasteiger partial charge in [-0.2, -0.15) is 0 Å². The number of nitrogens with zero attached hydrogens (tertiary/aromatic N) is 3. The van der Waals surface area contributed by atoms with E-state index in [1.54, 1.807) is 33.9 Å². The topological polar surface area (TPSA) is 84.3 Å². The minimum absolute atomic E-state index is 0.0926. The summed E-state index contributed by atoms with van der Waals surface area (Å²) in [5.41, 5.74) is 2.04. The van der Waals surface area contributed by atoms with Crippen molar-refractivity contribution in [2.75, 3.05) is 18.4 Å². The van der Waals surface area contributed by atoms with Crippen molar-refractivity contribution in [3.8, 4) is 0 Å². The Bertz CT molecular complexity index is 1240. The van der Waals surface area contributed by atoms with E-state index in [4.69, 9.17) is 0 Å². The van der Waals surface area contributed by atoms with Crippen LogP contribution in [0.5, 0.6) is 0 Å². The molecule has 0 saturated carbocycles. The molecule has 0 spiro atoms. The second-order valence-corrected chi connectivity index (χ2v) is 8.29. The van der Waals surface area contributed by atoms with Gasteiger partial charge in [0.15, 0.2) is 0 Å². The molecule has 2 aliphatic heterocycles. The summed E-state index contributed by atoms with van der Waals surface area (Å²) in [6, 6.07) is 12.0. The minimum Gasteiger partial charge on any atom is -0.338 e. The summed E-state index contributed by atoms with van der Waals surface area (Å²) in [6.45, 7) is 1.44. The maximum atomic E-state index is 13.3. The maximum absolute atomic E-state index is 13.3. The third kappa shape index (κ3) is 3.68. The molecule has 2 aliphatic rings. The number of piperidine rings is 1. The van der Waals surface area contributed by atoms with Crippen molar-refractivity contribution in [2.24, 2.45) is 5.92 Å². The Morgan fingerprint density at radius 2 is 1.81 bits per heavy atom. The van der Waals surface area contributed by atoms with Crippen LogP contribution in [0.4, 0.5) is 10.1 Å². The van der Waals surface area contributed by atoms with Crippen molar-refractivity contribution >= 4 is 17.5 Å². The van der Waals surface area contributed by atoms with Gasteiger partial charge in [-0.25, -0.2) is 4.39 Å². The Hall–Kier alpha value is -3.81. The van der Waals surface area contributed by atoms with E-state index in [0.717, 1.165) is 12.1 Å². The summed E-state index contributed by atoms with van der Waals surface area (Å²) < 4.78 is 15.0. The van der Waals surface area contributed by atoms with Crippen LogP contribution in [0.25, 0.3) is 0 Å². The van der Waals surface area contributed by atoms with Crippen LogP contribution in [0.15, 0.2) is 65.7 Å². The van der Waals surface area contributed by atoms with Crippen LogP contribution in [-0.4, -0.2) is 39.4 Å². The maximum Gasteiger partial charge on any atom is 0.257 e. The molecule has 2 amide bonds. The number of anilines is 1. The lowest BCUT2D eigenvalue weighted by atomic mass is 9.82. The molecule has 162 valence electrons. The van der Waals surface area contributed by atoms with Crippen LogP contribution in [0.3, 0.4) is 0 Å². The average molecular weight is 432 g/mol. The smallest absolute Gasteiger partial charge is 0.257 e. The first-order chi connectivity index (χ1) is 15.5. The van der Waals surface area contributed by atoms with Crippen LogP contribution in [0, 0.1) is 11.7 Å². The zero-order chi connectivity index (χ0) is 22.2. The molecule has 3 aromatic rings. The van der Waals surface area contributed by atoms with Crippen LogP contribution in [0.2, 0.25) is 0 Å². The SMILES string of the molecule is O=C(Nc1ccc(=O)n2c1[C@@H]1C[C@@H](CN(C(=O)c3ccc(F)cc3)C1)C2)c1cccnc1. The van der Waals surface area contributed by atoms with E-state index in [1.165, 1.54) is 36.5 Å². The van der Waals surface area contributed by atoms with E-state index in [9.17, 15) is 18.8 Å². The second kappa shape index (κ2) is 8.03. The van der Waals surface area contributed by atoms with Crippen LogP contribution < -0.4 is 10.9 Å². The van der Waals surface area contributed by atoms with E-state index in [0.29, 0.717) is 36.4 Å². The summed E-state index contributed by atoms with van der Waals surface area (Å²) in [4.78, 5) is 44.1. The lowest BCUT2D eigenvalue weighted by molar-refractivity contribution is 0.0595. The van der Waals surface area contributed by atoms with Gasteiger partial charge in [-0.05, 0) is 54.8 Å². The number of fused-ring (bicyclic) bond motifs is 4. The van der Waals surface area contributed by atoms with Gasteiger partial charge in [0.25, 0.3) is 17.4 Å². The Labute approximate surface area is 183 Å². The molecular formula is C24H21FN4O3. The molecule has 32 heavy (non-hydrogen) atoms. The molecule has 2 bridgehead atoms. The molecule has 1 fully saturated rings. The molecule has 1 aromatic carbocycles. The fraction of sp³-hybridized carbons (Fsp3) is 0.250. The van der Waals surface area contributed by atoms with E-state index in [1.807, 2.05) is 0 Å². The predicted molar refractivity (Wildman–Crippen MR) is 116 cm³/mol. The Kier molecular flexibility index (Phi) is 5.05. The normalized spacial score (nSPS) is 19.2. The zero-order valence-corrected chi connectivity index (χ0v) is 17.2. The first-order valence-corrected chi connectivity index (χ1v) is 10.5. The van der Waals surface area contributed by atoms with E-state index >= 15 is 0 Å². The predicted octanol–water partition coefficient (Wildman–Crippen LogP) is 2.89. The molecule has 1 saturated heterocycles. The number of hydrogen-bond acceptors (Lipinski definition) is 4.